The van der Waals surface area contributed by atoms with E-state index in [4.69, 9.17) is 9.84 Å². The number of benzene rings is 1. The van der Waals surface area contributed by atoms with Gasteiger partial charge < -0.3 is 9.84 Å². The van der Waals surface area contributed by atoms with E-state index in [0.717, 1.165) is 17.9 Å². The molecular weight excluding hydrogens is 216 g/mol. The fourth-order valence-corrected chi connectivity index (χ4v) is 2.33. The zero-order valence-electron chi connectivity index (χ0n) is 10.1. The van der Waals surface area contributed by atoms with E-state index >= 15 is 0 Å². The lowest BCUT2D eigenvalue weighted by atomic mass is 10.1. The van der Waals surface area contributed by atoms with Crippen molar-refractivity contribution in [3.05, 3.63) is 29.3 Å². The van der Waals surface area contributed by atoms with Crippen LogP contribution in [-0.4, -0.2) is 17.7 Å². The maximum Gasteiger partial charge on any atom is 0.335 e. The second-order valence-electron chi connectivity index (χ2n) is 4.75. The summed E-state index contributed by atoms with van der Waals surface area (Å²) in [7, 11) is 0. The first kappa shape index (κ1) is 12.0. The van der Waals surface area contributed by atoms with E-state index in [1.807, 2.05) is 6.92 Å². The maximum atomic E-state index is 10.8. The Kier molecular flexibility index (Phi) is 3.67. The molecule has 1 aromatic rings. The summed E-state index contributed by atoms with van der Waals surface area (Å²) in [4.78, 5) is 10.8. The first-order valence-electron chi connectivity index (χ1n) is 6.13. The summed E-state index contributed by atoms with van der Waals surface area (Å²) < 4.78 is 5.76. The predicted molar refractivity (Wildman–Crippen MR) is 65.6 cm³/mol. The Balaban J connectivity index is 1.98. The van der Waals surface area contributed by atoms with Gasteiger partial charge in [-0.05, 0) is 49.4 Å². The van der Waals surface area contributed by atoms with Crippen LogP contribution in [0.5, 0.6) is 5.75 Å². The molecule has 0 saturated heterocycles. The highest BCUT2D eigenvalue weighted by Crippen LogP contribution is 2.26. The fourth-order valence-electron chi connectivity index (χ4n) is 2.33. The van der Waals surface area contributed by atoms with Crippen molar-refractivity contribution < 1.29 is 14.6 Å². The van der Waals surface area contributed by atoms with Crippen molar-refractivity contribution in [1.82, 2.24) is 0 Å². The van der Waals surface area contributed by atoms with Gasteiger partial charge in [-0.15, -0.1) is 0 Å². The molecule has 1 fully saturated rings. The van der Waals surface area contributed by atoms with Gasteiger partial charge in [0.2, 0.25) is 0 Å². The average molecular weight is 234 g/mol. The molecule has 0 amide bonds. The molecule has 1 aliphatic carbocycles. The number of carboxylic acid groups (broad SMARTS) is 1. The van der Waals surface area contributed by atoms with E-state index in [0.29, 0.717) is 11.5 Å². The summed E-state index contributed by atoms with van der Waals surface area (Å²) >= 11 is 0. The molecule has 92 valence electrons. The maximum absolute atomic E-state index is 10.8. The lowest BCUT2D eigenvalue weighted by Crippen LogP contribution is -2.09. The smallest absolute Gasteiger partial charge is 0.335 e. The quantitative estimate of drug-likeness (QED) is 0.869. The van der Waals surface area contributed by atoms with Crippen molar-refractivity contribution in [2.75, 3.05) is 6.61 Å². The zero-order chi connectivity index (χ0) is 12.3. The Morgan fingerprint density at radius 3 is 2.71 bits per heavy atom. The molecule has 0 aromatic heterocycles. The van der Waals surface area contributed by atoms with E-state index in [1.165, 1.54) is 25.7 Å². The third-order valence-electron chi connectivity index (χ3n) is 3.37. The van der Waals surface area contributed by atoms with Gasteiger partial charge >= 0.3 is 5.97 Å². The monoisotopic (exact) mass is 234 g/mol. The van der Waals surface area contributed by atoms with Crippen LogP contribution < -0.4 is 4.74 Å². The summed E-state index contributed by atoms with van der Waals surface area (Å²) in [6.45, 7) is 2.64. The van der Waals surface area contributed by atoms with Gasteiger partial charge in [-0.1, -0.05) is 12.8 Å². The van der Waals surface area contributed by atoms with E-state index in [2.05, 4.69) is 0 Å². The zero-order valence-corrected chi connectivity index (χ0v) is 10.1. The fraction of sp³-hybridized carbons (Fsp3) is 0.500. The van der Waals surface area contributed by atoms with E-state index < -0.39 is 5.97 Å². The summed E-state index contributed by atoms with van der Waals surface area (Å²) in [6.07, 6.45) is 5.13. The number of ether oxygens (including phenoxy) is 1. The molecule has 1 aliphatic rings. The highest BCUT2D eigenvalue weighted by molar-refractivity contribution is 5.88. The van der Waals surface area contributed by atoms with Gasteiger partial charge in [0.25, 0.3) is 0 Å². The Morgan fingerprint density at radius 1 is 1.41 bits per heavy atom. The topological polar surface area (TPSA) is 46.5 Å². The van der Waals surface area contributed by atoms with Gasteiger partial charge in [0, 0.05) is 0 Å². The minimum atomic E-state index is -0.893. The van der Waals surface area contributed by atoms with Gasteiger partial charge in [0.05, 0.1) is 12.2 Å². The molecule has 0 radical (unpaired) electrons. The molecule has 0 heterocycles. The molecule has 1 aromatic carbocycles. The van der Waals surface area contributed by atoms with E-state index in [9.17, 15) is 4.79 Å². The standard InChI is InChI=1S/C14H18O3/c1-10-8-12(14(15)16)6-7-13(10)17-9-11-4-2-3-5-11/h6-8,11H,2-5,9H2,1H3,(H,15,16). The molecule has 0 unspecified atom stereocenters. The van der Waals surface area contributed by atoms with E-state index in [-0.39, 0.29) is 0 Å². The number of aromatic carboxylic acids is 1. The normalized spacial score (nSPS) is 16.1. The summed E-state index contributed by atoms with van der Waals surface area (Å²) in [6, 6.07) is 5.01. The molecule has 0 aliphatic heterocycles. The third kappa shape index (κ3) is 2.99. The molecular formula is C14H18O3. The van der Waals surface area contributed by atoms with Crippen LogP contribution in [0.2, 0.25) is 0 Å². The first-order chi connectivity index (χ1) is 8.16. The van der Waals surface area contributed by atoms with Crippen LogP contribution in [0.1, 0.15) is 41.6 Å². The minimum Gasteiger partial charge on any atom is -0.493 e. The van der Waals surface area contributed by atoms with Crippen molar-refractivity contribution in [2.24, 2.45) is 5.92 Å². The molecule has 17 heavy (non-hydrogen) atoms. The highest BCUT2D eigenvalue weighted by Gasteiger charge is 2.16. The van der Waals surface area contributed by atoms with Crippen LogP contribution in [0.15, 0.2) is 18.2 Å². The molecule has 3 heteroatoms. The van der Waals surface area contributed by atoms with E-state index in [1.54, 1.807) is 18.2 Å². The second-order valence-corrected chi connectivity index (χ2v) is 4.75. The van der Waals surface area contributed by atoms with Crippen LogP contribution in [0.3, 0.4) is 0 Å². The van der Waals surface area contributed by atoms with Crippen molar-refractivity contribution in [2.45, 2.75) is 32.6 Å². The van der Waals surface area contributed by atoms with Crippen molar-refractivity contribution in [1.29, 1.82) is 0 Å². The number of hydrogen-bond donors (Lipinski definition) is 1. The van der Waals surface area contributed by atoms with Crippen molar-refractivity contribution >= 4 is 5.97 Å². The van der Waals surface area contributed by atoms with Gasteiger partial charge in [-0.25, -0.2) is 4.79 Å². The number of hydrogen-bond acceptors (Lipinski definition) is 2. The van der Waals surface area contributed by atoms with Crippen LogP contribution in [-0.2, 0) is 0 Å². The number of aryl methyl sites for hydroxylation is 1. The van der Waals surface area contributed by atoms with Gasteiger partial charge in [-0.2, -0.15) is 0 Å². The minimum absolute atomic E-state index is 0.315. The average Bonchev–Trinajstić information content (AvgIpc) is 2.80. The van der Waals surface area contributed by atoms with Gasteiger partial charge in [-0.3, -0.25) is 0 Å². The number of carboxylic acids is 1. The molecule has 0 spiro atoms. The Morgan fingerprint density at radius 2 is 2.12 bits per heavy atom. The SMILES string of the molecule is Cc1cc(C(=O)O)ccc1OCC1CCCC1. The highest BCUT2D eigenvalue weighted by atomic mass is 16.5. The molecule has 1 N–H and O–H groups in total. The lowest BCUT2D eigenvalue weighted by molar-refractivity contribution is 0.0696. The number of carbonyl (C=O) groups is 1. The van der Waals surface area contributed by atoms with Crippen LogP contribution in [0, 0.1) is 12.8 Å². The van der Waals surface area contributed by atoms with Crippen molar-refractivity contribution in [3.8, 4) is 5.75 Å². The molecule has 3 nitrogen and oxygen atoms in total. The molecule has 0 bridgehead atoms. The molecule has 1 saturated carbocycles. The number of rotatable bonds is 4. The first-order valence-corrected chi connectivity index (χ1v) is 6.13. The second kappa shape index (κ2) is 5.21. The van der Waals surface area contributed by atoms with Crippen LogP contribution >= 0.6 is 0 Å². The Labute approximate surface area is 101 Å². The molecule has 2 rings (SSSR count). The third-order valence-corrected chi connectivity index (χ3v) is 3.37. The summed E-state index contributed by atoms with van der Waals surface area (Å²) in [5.41, 5.74) is 1.21. The Bertz CT molecular complexity index is 406. The summed E-state index contributed by atoms with van der Waals surface area (Å²) in [5.74, 6) is 0.589. The van der Waals surface area contributed by atoms with Crippen molar-refractivity contribution in [3.63, 3.8) is 0 Å². The largest absolute Gasteiger partial charge is 0.493 e. The molecule has 0 atom stereocenters. The summed E-state index contributed by atoms with van der Waals surface area (Å²) in [5, 5.41) is 8.86. The van der Waals surface area contributed by atoms with Gasteiger partial charge in [0.15, 0.2) is 0 Å². The Hall–Kier alpha value is -1.51. The predicted octanol–water partition coefficient (Wildman–Crippen LogP) is 3.26. The van der Waals surface area contributed by atoms with Gasteiger partial charge in [0.1, 0.15) is 5.75 Å². The van der Waals surface area contributed by atoms with Crippen LogP contribution in [0.4, 0.5) is 0 Å². The van der Waals surface area contributed by atoms with Crippen LogP contribution in [0.25, 0.3) is 0 Å². The lowest BCUT2D eigenvalue weighted by Gasteiger charge is -2.13.